The maximum absolute atomic E-state index is 12.4. The Bertz CT molecular complexity index is 697. The summed E-state index contributed by atoms with van der Waals surface area (Å²) in [6, 6.07) is 8.72. The Hall–Kier alpha value is -2.99. The van der Waals surface area contributed by atoms with Gasteiger partial charge in [0.05, 0.1) is 12.2 Å². The molecule has 0 N–H and O–H groups in total. The van der Waals surface area contributed by atoms with Crippen molar-refractivity contribution in [2.45, 2.75) is 25.1 Å². The molecular weight excluding hydrogens is 298 g/mol. The van der Waals surface area contributed by atoms with E-state index >= 15 is 0 Å². The molecule has 2 aromatic rings. The number of carbonyl (C=O) groups is 1. The molecule has 118 valence electrons. The highest BCUT2D eigenvalue weighted by atomic mass is 16.6. The van der Waals surface area contributed by atoms with Gasteiger partial charge >= 0.3 is 6.09 Å². The average Bonchev–Trinajstić information content (AvgIpc) is 3.23. The Morgan fingerprint density at radius 1 is 1.48 bits per heavy atom. The Kier molecular flexibility index (Phi) is 4.44. The highest BCUT2D eigenvalue weighted by Crippen LogP contribution is 2.33. The molecule has 2 unspecified atom stereocenters. The van der Waals surface area contributed by atoms with Crippen molar-refractivity contribution in [3.63, 3.8) is 0 Å². The summed E-state index contributed by atoms with van der Waals surface area (Å²) in [5, 5.41) is 3.70. The van der Waals surface area contributed by atoms with Gasteiger partial charge in [-0.15, -0.1) is 0 Å². The van der Waals surface area contributed by atoms with Crippen molar-refractivity contribution in [3.05, 3.63) is 64.7 Å². The van der Waals surface area contributed by atoms with Gasteiger partial charge in [0.25, 0.3) is 0 Å². The van der Waals surface area contributed by atoms with Crippen molar-refractivity contribution in [3.8, 4) is 0 Å². The summed E-state index contributed by atoms with van der Waals surface area (Å²) in [5.74, 6) is 0.414. The normalized spacial score (nSPS) is 20.1. The SMILES string of the molecule is [N-]=[N+]=NC1CC(c2ncco2)N(C(=O)OCc2ccccc2)C1. The molecule has 1 saturated heterocycles. The summed E-state index contributed by atoms with van der Waals surface area (Å²) in [7, 11) is 0. The van der Waals surface area contributed by atoms with Crippen LogP contribution in [0.4, 0.5) is 4.79 Å². The smallest absolute Gasteiger partial charge is 0.410 e. The van der Waals surface area contributed by atoms with Gasteiger partial charge in [-0.25, -0.2) is 9.78 Å². The summed E-state index contributed by atoms with van der Waals surface area (Å²) in [6.07, 6.45) is 2.95. The minimum absolute atomic E-state index is 0.181. The highest BCUT2D eigenvalue weighted by Gasteiger charge is 2.39. The van der Waals surface area contributed by atoms with Crippen molar-refractivity contribution in [1.82, 2.24) is 9.88 Å². The van der Waals surface area contributed by atoms with Crippen LogP contribution >= 0.6 is 0 Å². The fraction of sp³-hybridized carbons (Fsp3) is 0.333. The summed E-state index contributed by atoms with van der Waals surface area (Å²) in [4.78, 5) is 20.8. The topological polar surface area (TPSA) is 104 Å². The van der Waals surface area contributed by atoms with Crippen LogP contribution in [0, 0.1) is 0 Å². The van der Waals surface area contributed by atoms with E-state index in [0.29, 0.717) is 12.3 Å². The van der Waals surface area contributed by atoms with Gasteiger partial charge in [0.1, 0.15) is 18.9 Å². The molecule has 0 bridgehead atoms. The van der Waals surface area contributed by atoms with Crippen molar-refractivity contribution in [2.24, 2.45) is 5.11 Å². The molecule has 0 aliphatic carbocycles. The standard InChI is InChI=1S/C15H15N5O3/c16-19-18-12-8-13(14-17-6-7-22-14)20(9-12)15(21)23-10-11-4-2-1-3-5-11/h1-7,12-13H,8-10H2. The maximum atomic E-state index is 12.4. The predicted octanol–water partition coefficient (Wildman–Crippen LogP) is 3.44. The monoisotopic (exact) mass is 313 g/mol. The van der Waals surface area contributed by atoms with Crippen LogP contribution in [0.1, 0.15) is 23.9 Å². The number of hydrogen-bond acceptors (Lipinski definition) is 5. The largest absolute Gasteiger partial charge is 0.447 e. The first-order valence-corrected chi connectivity index (χ1v) is 7.19. The summed E-state index contributed by atoms with van der Waals surface area (Å²) in [5.41, 5.74) is 9.51. The van der Waals surface area contributed by atoms with E-state index in [1.54, 1.807) is 0 Å². The van der Waals surface area contributed by atoms with Gasteiger partial charge in [-0.2, -0.15) is 0 Å². The first kappa shape index (κ1) is 14.9. The zero-order valence-corrected chi connectivity index (χ0v) is 12.3. The molecule has 1 fully saturated rings. The van der Waals surface area contributed by atoms with Crippen LogP contribution in [0.3, 0.4) is 0 Å². The van der Waals surface area contributed by atoms with Crippen LogP contribution in [0.15, 0.2) is 52.3 Å². The third-order valence-corrected chi connectivity index (χ3v) is 3.67. The molecule has 2 atom stereocenters. The minimum Gasteiger partial charge on any atom is -0.447 e. The van der Waals surface area contributed by atoms with Gasteiger partial charge in [-0.05, 0) is 17.5 Å². The molecule has 2 heterocycles. The lowest BCUT2D eigenvalue weighted by Crippen LogP contribution is -2.32. The Morgan fingerprint density at radius 3 is 3.00 bits per heavy atom. The number of likely N-dealkylation sites (tertiary alicyclic amines) is 1. The van der Waals surface area contributed by atoms with Crippen LogP contribution < -0.4 is 0 Å². The molecule has 1 aliphatic rings. The van der Waals surface area contributed by atoms with Gasteiger partial charge in [-0.3, -0.25) is 4.90 Å². The zero-order valence-electron chi connectivity index (χ0n) is 12.3. The first-order chi connectivity index (χ1) is 11.3. The van der Waals surface area contributed by atoms with Crippen molar-refractivity contribution in [2.75, 3.05) is 6.54 Å². The maximum Gasteiger partial charge on any atom is 0.410 e. The van der Waals surface area contributed by atoms with E-state index < -0.39 is 6.09 Å². The van der Waals surface area contributed by atoms with E-state index in [2.05, 4.69) is 15.0 Å². The molecule has 1 aromatic carbocycles. The predicted molar refractivity (Wildman–Crippen MR) is 80.1 cm³/mol. The number of amides is 1. The molecule has 3 rings (SSSR count). The minimum atomic E-state index is -0.479. The number of nitrogens with zero attached hydrogens (tertiary/aromatic N) is 5. The number of ether oxygens (including phenoxy) is 1. The van der Waals surface area contributed by atoms with Gasteiger partial charge in [-0.1, -0.05) is 35.4 Å². The van der Waals surface area contributed by atoms with E-state index in [1.165, 1.54) is 17.4 Å². The number of benzene rings is 1. The highest BCUT2D eigenvalue weighted by molar-refractivity contribution is 5.68. The Labute approximate surface area is 132 Å². The molecule has 1 aliphatic heterocycles. The van der Waals surface area contributed by atoms with E-state index in [9.17, 15) is 4.79 Å². The molecule has 8 heteroatoms. The van der Waals surface area contributed by atoms with Crippen LogP contribution in [0.25, 0.3) is 10.4 Å². The van der Waals surface area contributed by atoms with Crippen LogP contribution in [0.5, 0.6) is 0 Å². The van der Waals surface area contributed by atoms with Gasteiger partial charge < -0.3 is 9.15 Å². The Morgan fingerprint density at radius 2 is 2.30 bits per heavy atom. The van der Waals surface area contributed by atoms with Gasteiger partial charge in [0.2, 0.25) is 5.89 Å². The zero-order chi connectivity index (χ0) is 16.1. The average molecular weight is 313 g/mol. The third-order valence-electron chi connectivity index (χ3n) is 3.67. The van der Waals surface area contributed by atoms with Crippen LogP contribution in [0.2, 0.25) is 0 Å². The van der Waals surface area contributed by atoms with Gasteiger partial charge in [0.15, 0.2) is 0 Å². The lowest BCUT2D eigenvalue weighted by Gasteiger charge is -2.21. The van der Waals surface area contributed by atoms with Gasteiger partial charge in [0, 0.05) is 11.5 Å². The molecule has 0 saturated carbocycles. The lowest BCUT2D eigenvalue weighted by atomic mass is 10.2. The van der Waals surface area contributed by atoms with Crippen LogP contribution in [-0.2, 0) is 11.3 Å². The van der Waals surface area contributed by atoms with E-state index in [-0.39, 0.29) is 25.2 Å². The number of oxazole rings is 1. The van der Waals surface area contributed by atoms with E-state index in [4.69, 9.17) is 14.7 Å². The lowest BCUT2D eigenvalue weighted by molar-refractivity contribution is 0.0876. The third kappa shape index (κ3) is 3.44. The number of azide groups is 1. The number of rotatable bonds is 4. The fourth-order valence-electron chi connectivity index (χ4n) is 2.61. The molecule has 1 aromatic heterocycles. The molecule has 0 radical (unpaired) electrons. The molecule has 1 amide bonds. The summed E-state index contributed by atoms with van der Waals surface area (Å²) < 4.78 is 10.6. The molecular formula is C15H15N5O3. The number of carbonyl (C=O) groups excluding carboxylic acids is 1. The van der Waals surface area contributed by atoms with E-state index in [1.807, 2.05) is 30.3 Å². The van der Waals surface area contributed by atoms with Crippen molar-refractivity contribution in [1.29, 1.82) is 0 Å². The number of hydrogen-bond donors (Lipinski definition) is 0. The van der Waals surface area contributed by atoms with Crippen molar-refractivity contribution < 1.29 is 13.9 Å². The molecule has 23 heavy (non-hydrogen) atoms. The molecule has 8 nitrogen and oxygen atoms in total. The Balaban J connectivity index is 1.70. The second kappa shape index (κ2) is 6.85. The quantitative estimate of drug-likeness (QED) is 0.489. The van der Waals surface area contributed by atoms with E-state index in [0.717, 1.165) is 5.56 Å². The first-order valence-electron chi connectivity index (χ1n) is 7.19. The van der Waals surface area contributed by atoms with Crippen molar-refractivity contribution >= 4 is 6.09 Å². The second-order valence-electron chi connectivity index (χ2n) is 5.17. The second-order valence-corrected chi connectivity index (χ2v) is 5.17. The summed E-state index contributed by atoms with van der Waals surface area (Å²) in [6.45, 7) is 0.464. The number of aromatic nitrogens is 1. The molecule has 0 spiro atoms. The van der Waals surface area contributed by atoms with Crippen LogP contribution in [-0.4, -0.2) is 28.6 Å². The summed E-state index contributed by atoms with van der Waals surface area (Å²) >= 11 is 0. The fourth-order valence-corrected chi connectivity index (χ4v) is 2.61.